The van der Waals surface area contributed by atoms with Crippen LogP contribution in [0.15, 0.2) is 18.2 Å². The Kier molecular flexibility index (Phi) is 6.60. The number of piperidine rings is 1. The molecule has 0 saturated carbocycles. The van der Waals surface area contributed by atoms with Gasteiger partial charge < -0.3 is 19.9 Å². The highest BCUT2D eigenvalue weighted by Gasteiger charge is 2.30. The number of anilines is 1. The highest BCUT2D eigenvalue weighted by Crippen LogP contribution is 2.26. The van der Waals surface area contributed by atoms with E-state index in [4.69, 9.17) is 4.74 Å². The number of carbonyl (C=O) groups excluding carboxylic acids is 1. The van der Waals surface area contributed by atoms with E-state index < -0.39 is 0 Å². The molecular formula is C21H34N4O2. The Bertz CT molecular complexity index is 635. The molecule has 1 aromatic carbocycles. The summed E-state index contributed by atoms with van der Waals surface area (Å²) in [6, 6.07) is 6.37. The molecule has 2 amide bonds. The van der Waals surface area contributed by atoms with Gasteiger partial charge in [-0.15, -0.1) is 0 Å². The van der Waals surface area contributed by atoms with Crippen LogP contribution in [0.5, 0.6) is 5.75 Å². The second-order valence-corrected chi connectivity index (χ2v) is 8.02. The van der Waals surface area contributed by atoms with Gasteiger partial charge in [0.05, 0.1) is 7.11 Å². The number of ether oxygens (including phenoxy) is 1. The molecule has 0 radical (unpaired) electrons. The molecular weight excluding hydrogens is 340 g/mol. The molecule has 3 rings (SSSR count). The first-order valence-electron chi connectivity index (χ1n) is 10.1. The second-order valence-electron chi connectivity index (χ2n) is 8.02. The van der Waals surface area contributed by atoms with Gasteiger partial charge in [0.1, 0.15) is 5.75 Å². The van der Waals surface area contributed by atoms with Crippen LogP contribution in [0.1, 0.15) is 25.3 Å². The number of rotatable bonds is 4. The number of aryl methyl sites for hydroxylation is 1. The zero-order chi connectivity index (χ0) is 19.4. The van der Waals surface area contributed by atoms with E-state index in [-0.39, 0.29) is 6.03 Å². The summed E-state index contributed by atoms with van der Waals surface area (Å²) in [7, 11) is 3.84. The predicted molar refractivity (Wildman–Crippen MR) is 110 cm³/mol. The van der Waals surface area contributed by atoms with Crippen LogP contribution in [-0.4, -0.2) is 80.2 Å². The van der Waals surface area contributed by atoms with Crippen molar-refractivity contribution in [1.29, 1.82) is 0 Å². The van der Waals surface area contributed by atoms with Crippen LogP contribution in [0, 0.1) is 12.8 Å². The zero-order valence-corrected chi connectivity index (χ0v) is 17.2. The number of hydrogen-bond acceptors (Lipinski definition) is 4. The fourth-order valence-corrected chi connectivity index (χ4v) is 4.17. The first-order chi connectivity index (χ1) is 13.0. The third-order valence-corrected chi connectivity index (χ3v) is 6.31. The monoisotopic (exact) mass is 374 g/mol. The number of hydrogen-bond donors (Lipinski definition) is 1. The summed E-state index contributed by atoms with van der Waals surface area (Å²) in [5, 5.41) is 3.06. The van der Waals surface area contributed by atoms with Crippen LogP contribution in [0.3, 0.4) is 0 Å². The molecule has 2 heterocycles. The molecule has 2 aliphatic heterocycles. The summed E-state index contributed by atoms with van der Waals surface area (Å²) < 4.78 is 5.27. The van der Waals surface area contributed by atoms with E-state index in [2.05, 4.69) is 29.1 Å². The fraction of sp³-hybridized carbons (Fsp3) is 0.667. The maximum absolute atomic E-state index is 12.7. The van der Waals surface area contributed by atoms with Crippen LogP contribution in [0.2, 0.25) is 0 Å². The lowest BCUT2D eigenvalue weighted by Crippen LogP contribution is -2.52. The number of piperazine rings is 1. The van der Waals surface area contributed by atoms with Crippen molar-refractivity contribution in [2.45, 2.75) is 32.7 Å². The number of benzene rings is 1. The summed E-state index contributed by atoms with van der Waals surface area (Å²) in [6.45, 7) is 10.7. The van der Waals surface area contributed by atoms with Gasteiger partial charge in [0, 0.05) is 57.1 Å². The molecule has 0 bridgehead atoms. The lowest BCUT2D eigenvalue weighted by molar-refractivity contribution is 0.0676. The maximum Gasteiger partial charge on any atom is 0.321 e. The van der Waals surface area contributed by atoms with Gasteiger partial charge in [0.25, 0.3) is 0 Å². The highest BCUT2D eigenvalue weighted by atomic mass is 16.5. The van der Waals surface area contributed by atoms with Crippen LogP contribution in [0.25, 0.3) is 0 Å². The summed E-state index contributed by atoms with van der Waals surface area (Å²) >= 11 is 0. The summed E-state index contributed by atoms with van der Waals surface area (Å²) in [4.78, 5) is 19.7. The second kappa shape index (κ2) is 8.93. The Hall–Kier alpha value is -1.79. The molecule has 1 aromatic rings. The van der Waals surface area contributed by atoms with Gasteiger partial charge >= 0.3 is 6.03 Å². The predicted octanol–water partition coefficient (Wildman–Crippen LogP) is 2.88. The van der Waals surface area contributed by atoms with E-state index in [9.17, 15) is 4.79 Å². The number of likely N-dealkylation sites (tertiary alicyclic amines) is 1. The Balaban J connectivity index is 1.50. The molecule has 2 saturated heterocycles. The smallest absolute Gasteiger partial charge is 0.321 e. The Morgan fingerprint density at radius 1 is 1.15 bits per heavy atom. The molecule has 6 heteroatoms. The van der Waals surface area contributed by atoms with Crippen molar-refractivity contribution in [1.82, 2.24) is 14.7 Å². The summed E-state index contributed by atoms with van der Waals surface area (Å²) in [5.74, 6) is 1.44. The first-order valence-corrected chi connectivity index (χ1v) is 10.1. The minimum Gasteiger partial charge on any atom is -0.497 e. The van der Waals surface area contributed by atoms with E-state index in [1.54, 1.807) is 7.11 Å². The third-order valence-electron chi connectivity index (χ3n) is 6.31. The van der Waals surface area contributed by atoms with Crippen LogP contribution >= 0.6 is 0 Å². The standard InChI is InChI=1S/C21H34N4O2/c1-16-5-6-19(27-4)15-20(16)22-21(26)25-9-7-18(8-10-25)17(2)24-13-11-23(3)12-14-24/h5-6,15,17-18H,7-14H2,1-4H3,(H,22,26). The Morgan fingerprint density at radius 2 is 1.81 bits per heavy atom. The summed E-state index contributed by atoms with van der Waals surface area (Å²) in [5.41, 5.74) is 1.87. The molecule has 150 valence electrons. The number of methoxy groups -OCH3 is 1. The topological polar surface area (TPSA) is 48.1 Å². The van der Waals surface area contributed by atoms with Crippen LogP contribution < -0.4 is 10.1 Å². The van der Waals surface area contributed by atoms with E-state index in [0.29, 0.717) is 12.0 Å². The van der Waals surface area contributed by atoms with Gasteiger partial charge in [-0.05, 0) is 51.3 Å². The van der Waals surface area contributed by atoms with E-state index in [1.807, 2.05) is 30.0 Å². The molecule has 1 N–H and O–H groups in total. The van der Waals surface area contributed by atoms with E-state index >= 15 is 0 Å². The number of urea groups is 1. The molecule has 2 fully saturated rings. The van der Waals surface area contributed by atoms with Crippen molar-refractivity contribution in [3.05, 3.63) is 23.8 Å². The average Bonchev–Trinajstić information content (AvgIpc) is 2.69. The Morgan fingerprint density at radius 3 is 2.44 bits per heavy atom. The molecule has 0 aromatic heterocycles. The van der Waals surface area contributed by atoms with Crippen molar-refractivity contribution >= 4 is 11.7 Å². The molecule has 0 spiro atoms. The molecule has 1 unspecified atom stereocenters. The lowest BCUT2D eigenvalue weighted by atomic mass is 9.89. The van der Waals surface area contributed by atoms with Crippen molar-refractivity contribution in [2.75, 3.05) is 58.7 Å². The normalized spacial score (nSPS) is 21.1. The zero-order valence-electron chi connectivity index (χ0n) is 17.2. The quantitative estimate of drug-likeness (QED) is 0.880. The maximum atomic E-state index is 12.7. The third kappa shape index (κ3) is 4.93. The number of amides is 2. The largest absolute Gasteiger partial charge is 0.497 e. The number of nitrogens with one attached hydrogen (secondary N) is 1. The first kappa shape index (κ1) is 20.0. The van der Waals surface area contributed by atoms with Crippen molar-refractivity contribution in [2.24, 2.45) is 5.92 Å². The average molecular weight is 375 g/mol. The molecule has 2 aliphatic rings. The lowest BCUT2D eigenvalue weighted by Gasteiger charge is -2.42. The van der Waals surface area contributed by atoms with Crippen molar-refractivity contribution in [3.63, 3.8) is 0 Å². The Labute approximate surface area is 163 Å². The van der Waals surface area contributed by atoms with Gasteiger partial charge in [-0.25, -0.2) is 4.79 Å². The number of carbonyl (C=O) groups is 1. The van der Waals surface area contributed by atoms with E-state index in [1.165, 1.54) is 0 Å². The van der Waals surface area contributed by atoms with Gasteiger partial charge in [0.2, 0.25) is 0 Å². The summed E-state index contributed by atoms with van der Waals surface area (Å²) in [6.07, 6.45) is 2.16. The van der Waals surface area contributed by atoms with Crippen molar-refractivity contribution in [3.8, 4) is 5.75 Å². The molecule has 6 nitrogen and oxygen atoms in total. The minimum atomic E-state index is -0.00273. The SMILES string of the molecule is COc1ccc(C)c(NC(=O)N2CCC(C(C)N3CCN(C)CC3)CC2)c1. The highest BCUT2D eigenvalue weighted by molar-refractivity contribution is 5.90. The number of likely N-dealkylation sites (N-methyl/N-ethyl adjacent to an activating group) is 1. The van der Waals surface area contributed by atoms with E-state index in [0.717, 1.165) is 69.1 Å². The van der Waals surface area contributed by atoms with Gasteiger partial charge in [-0.1, -0.05) is 6.07 Å². The van der Waals surface area contributed by atoms with Crippen LogP contribution in [0.4, 0.5) is 10.5 Å². The molecule has 1 atom stereocenters. The fourth-order valence-electron chi connectivity index (χ4n) is 4.17. The van der Waals surface area contributed by atoms with Gasteiger partial charge in [0.15, 0.2) is 0 Å². The van der Waals surface area contributed by atoms with Gasteiger partial charge in [-0.3, -0.25) is 4.90 Å². The van der Waals surface area contributed by atoms with Crippen molar-refractivity contribution < 1.29 is 9.53 Å². The van der Waals surface area contributed by atoms with Gasteiger partial charge in [-0.2, -0.15) is 0 Å². The molecule has 27 heavy (non-hydrogen) atoms. The number of nitrogens with zero attached hydrogens (tertiary/aromatic N) is 3. The van der Waals surface area contributed by atoms with Crippen LogP contribution in [-0.2, 0) is 0 Å². The minimum absolute atomic E-state index is 0.00273. The molecule has 0 aliphatic carbocycles.